The van der Waals surface area contributed by atoms with Gasteiger partial charge >= 0.3 is 0 Å². The Labute approximate surface area is 94.6 Å². The molecule has 3 nitrogen and oxygen atoms in total. The molecule has 2 rings (SSSR count). The number of halogens is 1. The lowest BCUT2D eigenvalue weighted by molar-refractivity contribution is -0.107. The van der Waals surface area contributed by atoms with Crippen LogP contribution in [-0.2, 0) is 23.9 Å². The zero-order valence-corrected chi connectivity index (χ0v) is 9.58. The van der Waals surface area contributed by atoms with Gasteiger partial charge < -0.3 is 4.79 Å². The van der Waals surface area contributed by atoms with Gasteiger partial charge in [-0.25, -0.2) is 4.39 Å². The molecule has 0 aromatic carbocycles. The van der Waals surface area contributed by atoms with Crippen LogP contribution in [0.15, 0.2) is 6.07 Å². The maximum Gasteiger partial charge on any atom is 0.154 e. The van der Waals surface area contributed by atoms with Gasteiger partial charge in [-0.3, -0.25) is 4.68 Å². The highest BCUT2D eigenvalue weighted by Crippen LogP contribution is 2.48. The minimum atomic E-state index is -1.14. The molecule has 1 fully saturated rings. The second-order valence-corrected chi connectivity index (χ2v) is 4.52. The van der Waals surface area contributed by atoms with Gasteiger partial charge in [-0.05, 0) is 38.2 Å². The predicted octanol–water partition coefficient (Wildman–Crippen LogP) is 2.29. The highest BCUT2D eigenvalue weighted by Gasteiger charge is 2.47. The van der Waals surface area contributed by atoms with Gasteiger partial charge in [-0.15, -0.1) is 0 Å². The largest absolute Gasteiger partial charge is 0.303 e. The van der Waals surface area contributed by atoms with Gasteiger partial charge in [0, 0.05) is 19.2 Å². The standard InChI is InChI=1S/C12H17FN2O/c1-15-10(5-3-2-4-8-16)9-11(14-15)12(13)6-7-12/h8-9H,2-7H2,1H3. The van der Waals surface area contributed by atoms with Crippen molar-refractivity contribution in [3.05, 3.63) is 17.5 Å². The number of unbranched alkanes of at least 4 members (excludes halogenated alkanes) is 2. The third-order valence-electron chi connectivity index (χ3n) is 3.13. The van der Waals surface area contributed by atoms with Crippen LogP contribution in [0.3, 0.4) is 0 Å². The fourth-order valence-corrected chi connectivity index (χ4v) is 1.86. The third-order valence-corrected chi connectivity index (χ3v) is 3.13. The Morgan fingerprint density at radius 3 is 2.94 bits per heavy atom. The van der Waals surface area contributed by atoms with E-state index in [9.17, 15) is 9.18 Å². The van der Waals surface area contributed by atoms with E-state index in [1.807, 2.05) is 13.1 Å². The summed E-state index contributed by atoms with van der Waals surface area (Å²) in [7, 11) is 1.85. The van der Waals surface area contributed by atoms with Gasteiger partial charge in [0.2, 0.25) is 0 Å². The molecule has 1 saturated carbocycles. The summed E-state index contributed by atoms with van der Waals surface area (Å²) >= 11 is 0. The molecule has 4 heteroatoms. The first-order valence-corrected chi connectivity index (χ1v) is 5.82. The van der Waals surface area contributed by atoms with E-state index in [-0.39, 0.29) is 0 Å². The molecule has 1 heterocycles. The van der Waals surface area contributed by atoms with Crippen molar-refractivity contribution in [2.45, 2.75) is 44.2 Å². The van der Waals surface area contributed by atoms with Crippen LogP contribution in [0, 0.1) is 0 Å². The van der Waals surface area contributed by atoms with E-state index in [0.29, 0.717) is 25.0 Å². The highest BCUT2D eigenvalue weighted by molar-refractivity contribution is 5.48. The second-order valence-electron chi connectivity index (χ2n) is 4.52. The first kappa shape index (κ1) is 11.3. The molecule has 0 saturated heterocycles. The van der Waals surface area contributed by atoms with E-state index in [1.165, 1.54) is 0 Å². The lowest BCUT2D eigenvalue weighted by Crippen LogP contribution is -2.01. The van der Waals surface area contributed by atoms with Crippen molar-refractivity contribution in [3.63, 3.8) is 0 Å². The lowest BCUT2D eigenvalue weighted by atomic mass is 10.1. The van der Waals surface area contributed by atoms with E-state index in [1.54, 1.807) is 4.68 Å². The van der Waals surface area contributed by atoms with Crippen LogP contribution >= 0.6 is 0 Å². The fourth-order valence-electron chi connectivity index (χ4n) is 1.86. The molecule has 1 aromatic rings. The van der Waals surface area contributed by atoms with Gasteiger partial charge in [-0.1, -0.05) is 0 Å². The predicted molar refractivity (Wildman–Crippen MR) is 58.8 cm³/mol. The van der Waals surface area contributed by atoms with Crippen molar-refractivity contribution >= 4 is 6.29 Å². The Morgan fingerprint density at radius 1 is 1.56 bits per heavy atom. The average molecular weight is 224 g/mol. The van der Waals surface area contributed by atoms with Crippen molar-refractivity contribution in [2.24, 2.45) is 7.05 Å². The molecule has 0 N–H and O–H groups in total. The molecule has 0 spiro atoms. The molecular weight excluding hydrogens is 207 g/mol. The van der Waals surface area contributed by atoms with Crippen LogP contribution < -0.4 is 0 Å². The Bertz CT molecular complexity index is 382. The van der Waals surface area contributed by atoms with E-state index < -0.39 is 5.67 Å². The zero-order chi connectivity index (χ0) is 11.6. The Hall–Kier alpha value is -1.19. The van der Waals surface area contributed by atoms with E-state index in [2.05, 4.69) is 5.10 Å². The summed E-state index contributed by atoms with van der Waals surface area (Å²) in [6.45, 7) is 0. The van der Waals surface area contributed by atoms with Crippen LogP contribution in [0.1, 0.15) is 43.5 Å². The molecule has 16 heavy (non-hydrogen) atoms. The topological polar surface area (TPSA) is 34.9 Å². The molecule has 1 aliphatic carbocycles. The molecule has 88 valence electrons. The molecule has 0 aliphatic heterocycles. The monoisotopic (exact) mass is 224 g/mol. The first-order chi connectivity index (χ1) is 7.65. The number of aldehydes is 1. The van der Waals surface area contributed by atoms with Crippen molar-refractivity contribution in [2.75, 3.05) is 0 Å². The summed E-state index contributed by atoms with van der Waals surface area (Å²) in [6.07, 6.45) is 5.48. The van der Waals surface area contributed by atoms with Crippen LogP contribution in [-0.4, -0.2) is 16.1 Å². The molecule has 1 aromatic heterocycles. The van der Waals surface area contributed by atoms with Crippen LogP contribution in [0.25, 0.3) is 0 Å². The van der Waals surface area contributed by atoms with Crippen LogP contribution in [0.4, 0.5) is 4.39 Å². The zero-order valence-electron chi connectivity index (χ0n) is 9.58. The number of hydrogen-bond donors (Lipinski definition) is 0. The number of carbonyl (C=O) groups excluding carboxylic acids is 1. The van der Waals surface area contributed by atoms with Gasteiger partial charge in [0.15, 0.2) is 5.67 Å². The number of rotatable bonds is 6. The number of nitrogens with zero attached hydrogens (tertiary/aromatic N) is 2. The number of carbonyl (C=O) groups is 1. The molecule has 0 radical (unpaired) electrons. The number of aromatic nitrogens is 2. The molecule has 0 amide bonds. The summed E-state index contributed by atoms with van der Waals surface area (Å²) in [4.78, 5) is 10.2. The van der Waals surface area contributed by atoms with Crippen molar-refractivity contribution in [3.8, 4) is 0 Å². The minimum Gasteiger partial charge on any atom is -0.303 e. The average Bonchev–Trinajstić information content (AvgIpc) is 2.89. The lowest BCUT2D eigenvalue weighted by Gasteiger charge is -1.99. The van der Waals surface area contributed by atoms with E-state index >= 15 is 0 Å². The van der Waals surface area contributed by atoms with E-state index in [4.69, 9.17) is 0 Å². The molecule has 0 atom stereocenters. The third kappa shape index (κ3) is 2.31. The van der Waals surface area contributed by atoms with Gasteiger partial charge in [0.1, 0.15) is 6.29 Å². The fraction of sp³-hybridized carbons (Fsp3) is 0.667. The summed E-state index contributed by atoms with van der Waals surface area (Å²) in [5.74, 6) is 0. The summed E-state index contributed by atoms with van der Waals surface area (Å²) < 4.78 is 15.5. The Kier molecular flexibility index (Phi) is 3.08. The van der Waals surface area contributed by atoms with Crippen molar-refractivity contribution in [1.82, 2.24) is 9.78 Å². The van der Waals surface area contributed by atoms with Gasteiger partial charge in [-0.2, -0.15) is 5.10 Å². The highest BCUT2D eigenvalue weighted by atomic mass is 19.1. The normalized spacial score (nSPS) is 17.4. The Balaban J connectivity index is 1.93. The molecular formula is C12H17FN2O. The summed E-state index contributed by atoms with van der Waals surface area (Å²) in [6, 6.07) is 1.87. The summed E-state index contributed by atoms with van der Waals surface area (Å²) in [5.41, 5.74) is 0.504. The van der Waals surface area contributed by atoms with Crippen molar-refractivity contribution < 1.29 is 9.18 Å². The van der Waals surface area contributed by atoms with Gasteiger partial charge in [0.05, 0.1) is 5.69 Å². The molecule has 0 unspecified atom stereocenters. The molecule has 1 aliphatic rings. The minimum absolute atomic E-state index is 0.584. The second kappa shape index (κ2) is 4.36. The number of hydrogen-bond acceptors (Lipinski definition) is 2. The quantitative estimate of drug-likeness (QED) is 0.549. The van der Waals surface area contributed by atoms with Crippen LogP contribution in [0.5, 0.6) is 0 Å². The van der Waals surface area contributed by atoms with Gasteiger partial charge in [0.25, 0.3) is 0 Å². The number of alkyl halides is 1. The van der Waals surface area contributed by atoms with Crippen LogP contribution in [0.2, 0.25) is 0 Å². The smallest absolute Gasteiger partial charge is 0.154 e. The molecule has 0 bridgehead atoms. The maximum absolute atomic E-state index is 13.7. The number of aryl methyl sites for hydroxylation is 2. The Morgan fingerprint density at radius 2 is 2.31 bits per heavy atom. The first-order valence-electron chi connectivity index (χ1n) is 5.82. The SMILES string of the molecule is Cn1nc(C2(F)CC2)cc1CCCCC=O. The summed E-state index contributed by atoms with van der Waals surface area (Å²) in [5, 5.41) is 4.22. The van der Waals surface area contributed by atoms with Crippen molar-refractivity contribution in [1.29, 1.82) is 0 Å². The maximum atomic E-state index is 13.7. The van der Waals surface area contributed by atoms with E-state index in [0.717, 1.165) is 31.2 Å².